The van der Waals surface area contributed by atoms with Gasteiger partial charge in [-0.15, -0.1) is 0 Å². The van der Waals surface area contributed by atoms with Crippen molar-refractivity contribution in [2.45, 2.75) is 50.2 Å². The molecular weight excluding hydrogens is 485 g/mol. The van der Waals surface area contributed by atoms with Gasteiger partial charge in [0.25, 0.3) is 5.91 Å². The van der Waals surface area contributed by atoms with Crippen LogP contribution in [0.3, 0.4) is 0 Å². The van der Waals surface area contributed by atoms with Gasteiger partial charge in [0.1, 0.15) is 22.8 Å². The Morgan fingerprint density at radius 2 is 1.75 bits per heavy atom. The summed E-state index contributed by atoms with van der Waals surface area (Å²) in [5.74, 6) is -1.47. The van der Waals surface area contributed by atoms with Gasteiger partial charge in [-0.25, -0.2) is 9.18 Å². The molecule has 3 aromatic rings. The van der Waals surface area contributed by atoms with Crippen LogP contribution >= 0.6 is 11.6 Å². The molecule has 9 heteroatoms. The van der Waals surface area contributed by atoms with Gasteiger partial charge in [-0.05, 0) is 76.9 Å². The molecule has 1 aliphatic rings. The second-order valence-electron chi connectivity index (χ2n) is 9.61. The quantitative estimate of drug-likeness (QED) is 0.449. The Balaban J connectivity index is 1.59. The Labute approximate surface area is 214 Å². The maximum Gasteiger partial charge on any atom is 0.345 e. The summed E-state index contributed by atoms with van der Waals surface area (Å²) < 4.78 is 24.6. The van der Waals surface area contributed by atoms with Gasteiger partial charge in [0.15, 0.2) is 5.60 Å². The van der Waals surface area contributed by atoms with Gasteiger partial charge >= 0.3 is 5.97 Å². The van der Waals surface area contributed by atoms with E-state index in [0.29, 0.717) is 29.8 Å². The molecule has 1 aromatic heterocycles. The summed E-state index contributed by atoms with van der Waals surface area (Å²) >= 11 is 6.32. The zero-order chi connectivity index (χ0) is 26.1. The first-order valence-corrected chi connectivity index (χ1v) is 12.1. The largest absolute Gasteiger partial charge is 0.445 e. The van der Waals surface area contributed by atoms with Crippen LogP contribution in [0.1, 0.15) is 47.4 Å². The van der Waals surface area contributed by atoms with Crippen molar-refractivity contribution < 1.29 is 23.2 Å². The van der Waals surface area contributed by atoms with Crippen LogP contribution in [0, 0.1) is 12.7 Å². The molecule has 1 fully saturated rings. The van der Waals surface area contributed by atoms with E-state index in [1.54, 1.807) is 43.3 Å². The number of amides is 1. The molecule has 1 heterocycles. The van der Waals surface area contributed by atoms with Gasteiger partial charge in [0.05, 0.1) is 5.02 Å². The molecule has 2 aromatic carbocycles. The number of halogens is 2. The Bertz CT molecular complexity index is 1260. The number of benzene rings is 2. The van der Waals surface area contributed by atoms with Crippen molar-refractivity contribution in [2.75, 3.05) is 14.1 Å². The Morgan fingerprint density at radius 3 is 2.33 bits per heavy atom. The summed E-state index contributed by atoms with van der Waals surface area (Å²) in [4.78, 5) is 28.2. The van der Waals surface area contributed by atoms with Crippen LogP contribution in [0.25, 0.3) is 11.3 Å². The molecule has 0 atom stereocenters. The van der Waals surface area contributed by atoms with E-state index < -0.39 is 17.5 Å². The molecule has 0 spiro atoms. The highest BCUT2D eigenvalue weighted by atomic mass is 35.5. The highest BCUT2D eigenvalue weighted by Crippen LogP contribution is 2.43. The Morgan fingerprint density at radius 1 is 1.11 bits per heavy atom. The normalized spacial score (nSPS) is 21.9. The molecule has 0 unspecified atom stereocenters. The number of carbonyl (C=O) groups excluding carboxylic acids is 2. The number of hydrogen-bond donors (Lipinski definition) is 1. The van der Waals surface area contributed by atoms with Crippen molar-refractivity contribution >= 4 is 23.5 Å². The number of nitrogens with zero attached hydrogens (tertiary/aromatic N) is 2. The SMILES string of the molecule is Cc1onc(-c2ccccc2Cl)c1C(=O)OC1(C(N)=O)CCC(Cc2ccc(F)cc2)(N(C)C)CC1. The minimum Gasteiger partial charge on any atom is -0.445 e. The summed E-state index contributed by atoms with van der Waals surface area (Å²) in [7, 11) is 3.95. The third-order valence-corrected chi connectivity index (χ3v) is 7.65. The second-order valence-corrected chi connectivity index (χ2v) is 10.0. The van der Waals surface area contributed by atoms with Crippen molar-refractivity contribution in [3.05, 3.63) is 76.3 Å². The number of hydrogen-bond acceptors (Lipinski definition) is 6. The predicted octanol–water partition coefficient (Wildman–Crippen LogP) is 4.94. The Kier molecular flexibility index (Phi) is 7.20. The number of likely N-dealkylation sites (N-methyl/N-ethyl adjacent to an activating group) is 1. The van der Waals surface area contributed by atoms with Crippen LogP contribution in [-0.2, 0) is 16.0 Å². The first-order valence-electron chi connectivity index (χ1n) is 11.7. The summed E-state index contributed by atoms with van der Waals surface area (Å²) in [6.45, 7) is 1.60. The summed E-state index contributed by atoms with van der Waals surface area (Å²) in [5, 5.41) is 4.42. The number of aromatic nitrogens is 1. The molecule has 0 bridgehead atoms. The van der Waals surface area contributed by atoms with Gasteiger partial charge in [-0.2, -0.15) is 0 Å². The number of nitrogens with two attached hydrogens (primary N) is 1. The maximum absolute atomic E-state index is 13.4. The number of rotatable bonds is 7. The van der Waals surface area contributed by atoms with Crippen LogP contribution in [-0.4, -0.2) is 47.2 Å². The van der Waals surface area contributed by atoms with Crippen LogP contribution in [0.2, 0.25) is 5.02 Å². The lowest BCUT2D eigenvalue weighted by atomic mass is 9.70. The van der Waals surface area contributed by atoms with E-state index in [2.05, 4.69) is 10.1 Å². The van der Waals surface area contributed by atoms with E-state index >= 15 is 0 Å². The zero-order valence-corrected chi connectivity index (χ0v) is 21.3. The smallest absolute Gasteiger partial charge is 0.345 e. The first-order chi connectivity index (χ1) is 17.1. The van der Waals surface area contributed by atoms with E-state index in [9.17, 15) is 14.0 Å². The predicted molar refractivity (Wildman–Crippen MR) is 134 cm³/mol. The highest BCUT2D eigenvalue weighted by molar-refractivity contribution is 6.33. The minimum atomic E-state index is -1.47. The second kappa shape index (κ2) is 10.0. The lowest BCUT2D eigenvalue weighted by Crippen LogP contribution is -2.57. The van der Waals surface area contributed by atoms with E-state index in [0.717, 1.165) is 5.56 Å². The molecule has 1 amide bonds. The fourth-order valence-corrected chi connectivity index (χ4v) is 5.19. The number of carbonyl (C=O) groups is 2. The molecule has 7 nitrogen and oxygen atoms in total. The lowest BCUT2D eigenvalue weighted by molar-refractivity contribution is -0.144. The van der Waals surface area contributed by atoms with Crippen LogP contribution < -0.4 is 5.73 Å². The number of esters is 1. The molecule has 0 radical (unpaired) electrons. The molecule has 0 saturated heterocycles. The summed E-state index contributed by atoms with van der Waals surface area (Å²) in [6, 6.07) is 13.4. The fraction of sp³-hybridized carbons (Fsp3) is 0.370. The van der Waals surface area contributed by atoms with Gasteiger partial charge in [0, 0.05) is 11.1 Å². The highest BCUT2D eigenvalue weighted by Gasteiger charge is 2.50. The maximum atomic E-state index is 13.4. The van der Waals surface area contributed by atoms with Crippen molar-refractivity contribution in [1.82, 2.24) is 10.1 Å². The van der Waals surface area contributed by atoms with Crippen molar-refractivity contribution in [2.24, 2.45) is 5.73 Å². The third kappa shape index (κ3) is 4.88. The summed E-state index contributed by atoms with van der Waals surface area (Å²) in [5.41, 5.74) is 5.90. The Hall–Kier alpha value is -3.23. The van der Waals surface area contributed by atoms with E-state index in [-0.39, 0.29) is 41.2 Å². The molecule has 0 aliphatic heterocycles. The van der Waals surface area contributed by atoms with Crippen LogP contribution in [0.4, 0.5) is 4.39 Å². The minimum absolute atomic E-state index is 0.111. The molecule has 2 N–H and O–H groups in total. The lowest BCUT2D eigenvalue weighted by Gasteiger charge is -2.48. The topological polar surface area (TPSA) is 98.7 Å². The standard InChI is InChI=1S/C27H29ClFN3O4/c1-17-22(23(31-36-17)20-6-4-5-7-21(20)28)24(33)35-27(25(30)34)14-12-26(13-15-27,32(2)3)16-18-8-10-19(29)11-9-18/h4-11H,12-16H2,1-3H3,(H2,30,34). The van der Waals surface area contributed by atoms with Gasteiger partial charge < -0.3 is 19.9 Å². The van der Waals surface area contributed by atoms with Crippen molar-refractivity contribution in [3.8, 4) is 11.3 Å². The van der Waals surface area contributed by atoms with Crippen molar-refractivity contribution in [1.29, 1.82) is 0 Å². The van der Waals surface area contributed by atoms with E-state index in [1.807, 2.05) is 14.1 Å². The molecular formula is C27H29ClFN3O4. The average molecular weight is 514 g/mol. The fourth-order valence-electron chi connectivity index (χ4n) is 4.96. The average Bonchev–Trinajstić information content (AvgIpc) is 3.23. The first kappa shape index (κ1) is 25.9. The molecule has 1 saturated carbocycles. The van der Waals surface area contributed by atoms with Gasteiger partial charge in [-0.1, -0.05) is 47.1 Å². The van der Waals surface area contributed by atoms with Gasteiger partial charge in [-0.3, -0.25) is 4.79 Å². The van der Waals surface area contributed by atoms with Gasteiger partial charge in [0.2, 0.25) is 0 Å². The van der Waals surface area contributed by atoms with Crippen molar-refractivity contribution in [3.63, 3.8) is 0 Å². The van der Waals surface area contributed by atoms with E-state index in [4.69, 9.17) is 26.6 Å². The van der Waals surface area contributed by atoms with Crippen LogP contribution in [0.5, 0.6) is 0 Å². The molecule has 1 aliphatic carbocycles. The molecule has 4 rings (SSSR count). The monoisotopic (exact) mass is 513 g/mol. The summed E-state index contributed by atoms with van der Waals surface area (Å²) in [6.07, 6.45) is 2.25. The molecule has 36 heavy (non-hydrogen) atoms. The number of aryl methyl sites for hydroxylation is 1. The zero-order valence-electron chi connectivity index (χ0n) is 20.5. The molecule has 190 valence electrons. The van der Waals surface area contributed by atoms with E-state index in [1.165, 1.54) is 12.1 Å². The van der Waals surface area contributed by atoms with Crippen LogP contribution in [0.15, 0.2) is 53.1 Å². The number of ether oxygens (including phenoxy) is 1. The number of primary amides is 1. The third-order valence-electron chi connectivity index (χ3n) is 7.32.